The lowest BCUT2D eigenvalue weighted by Gasteiger charge is -2.29. The molecule has 14 heavy (non-hydrogen) atoms. The Morgan fingerprint density at radius 2 is 2.43 bits per heavy atom. The van der Waals surface area contributed by atoms with E-state index in [1.165, 1.54) is 19.4 Å². The number of likely N-dealkylation sites (tertiary alicyclic amines) is 1. The van der Waals surface area contributed by atoms with Gasteiger partial charge in [0.15, 0.2) is 0 Å². The minimum Gasteiger partial charge on any atom is -0.455 e. The zero-order chi connectivity index (χ0) is 10.0. The molecule has 0 radical (unpaired) electrons. The van der Waals surface area contributed by atoms with Crippen LogP contribution in [-0.4, -0.2) is 43.2 Å². The smallest absolute Gasteiger partial charge is 0.294 e. The van der Waals surface area contributed by atoms with E-state index in [1.807, 2.05) is 0 Å². The standard InChI is InChI=1S/C9H16IN3O/c1-13-5-3-2-4-9(7-13)6-11-8(12-10)14-9/h2-7H2,1H3,(H,11,12)/t9-/m1/s1. The highest BCUT2D eigenvalue weighted by molar-refractivity contribution is 14.1. The van der Waals surface area contributed by atoms with E-state index in [-0.39, 0.29) is 5.60 Å². The fourth-order valence-electron chi connectivity index (χ4n) is 2.23. The Balaban J connectivity index is 2.02. The van der Waals surface area contributed by atoms with Crippen molar-refractivity contribution < 1.29 is 4.74 Å². The van der Waals surface area contributed by atoms with Gasteiger partial charge in [0.2, 0.25) is 0 Å². The summed E-state index contributed by atoms with van der Waals surface area (Å²) in [5.41, 5.74) is -0.0429. The summed E-state index contributed by atoms with van der Waals surface area (Å²) in [4.78, 5) is 6.70. The number of likely N-dealkylation sites (N-methyl/N-ethyl adjacent to an activating group) is 1. The van der Waals surface area contributed by atoms with Gasteiger partial charge in [-0.25, -0.2) is 4.99 Å². The van der Waals surface area contributed by atoms with Gasteiger partial charge in [0, 0.05) is 6.54 Å². The highest BCUT2D eigenvalue weighted by atomic mass is 127. The first-order chi connectivity index (χ1) is 6.74. The lowest BCUT2D eigenvalue weighted by atomic mass is 9.98. The average Bonchev–Trinajstić information content (AvgIpc) is 2.47. The maximum absolute atomic E-state index is 5.88. The van der Waals surface area contributed by atoms with Crippen LogP contribution in [0.15, 0.2) is 4.99 Å². The zero-order valence-corrected chi connectivity index (χ0v) is 10.6. The molecular formula is C9H16IN3O. The van der Waals surface area contributed by atoms with E-state index in [1.54, 1.807) is 0 Å². The predicted octanol–water partition coefficient (Wildman–Crippen LogP) is 1.17. The van der Waals surface area contributed by atoms with Crippen LogP contribution >= 0.6 is 22.9 Å². The van der Waals surface area contributed by atoms with Crippen molar-refractivity contribution >= 4 is 28.9 Å². The molecule has 5 heteroatoms. The summed E-state index contributed by atoms with van der Waals surface area (Å²) in [5, 5.41) is 0. The second-order valence-electron chi connectivity index (χ2n) is 4.20. The van der Waals surface area contributed by atoms with Gasteiger partial charge in [-0.3, -0.25) is 3.53 Å². The molecule has 1 saturated heterocycles. The number of amidine groups is 1. The zero-order valence-electron chi connectivity index (χ0n) is 8.42. The lowest BCUT2D eigenvalue weighted by Crippen LogP contribution is -2.43. The van der Waals surface area contributed by atoms with Crippen molar-refractivity contribution in [1.82, 2.24) is 8.43 Å². The van der Waals surface area contributed by atoms with Crippen molar-refractivity contribution in [3.05, 3.63) is 0 Å². The summed E-state index contributed by atoms with van der Waals surface area (Å²) in [6.07, 6.45) is 3.64. The van der Waals surface area contributed by atoms with Crippen molar-refractivity contribution in [2.45, 2.75) is 24.9 Å². The van der Waals surface area contributed by atoms with Crippen LogP contribution in [0.25, 0.3) is 0 Å². The van der Waals surface area contributed by atoms with Crippen LogP contribution in [0.2, 0.25) is 0 Å². The molecule has 80 valence electrons. The first-order valence-corrected chi connectivity index (χ1v) is 6.11. The Kier molecular flexibility index (Phi) is 3.16. The minimum atomic E-state index is -0.0429. The van der Waals surface area contributed by atoms with Crippen molar-refractivity contribution in [2.24, 2.45) is 4.99 Å². The summed E-state index contributed by atoms with van der Waals surface area (Å²) in [5.74, 6) is 0. The van der Waals surface area contributed by atoms with Gasteiger partial charge in [0.05, 0.1) is 29.4 Å². The molecule has 0 aromatic heterocycles. The van der Waals surface area contributed by atoms with Gasteiger partial charge in [-0.05, 0) is 32.9 Å². The summed E-state index contributed by atoms with van der Waals surface area (Å²) in [6.45, 7) is 2.99. The summed E-state index contributed by atoms with van der Waals surface area (Å²) < 4.78 is 8.83. The second kappa shape index (κ2) is 4.22. The van der Waals surface area contributed by atoms with E-state index in [0.29, 0.717) is 6.02 Å². The first-order valence-electron chi connectivity index (χ1n) is 5.03. The molecule has 1 atom stereocenters. The largest absolute Gasteiger partial charge is 0.455 e. The van der Waals surface area contributed by atoms with Crippen molar-refractivity contribution in [2.75, 3.05) is 26.7 Å². The molecule has 1 N–H and O–H groups in total. The number of hydrogen-bond acceptors (Lipinski definition) is 4. The molecule has 0 aromatic rings. The third-order valence-electron chi connectivity index (χ3n) is 2.89. The lowest BCUT2D eigenvalue weighted by molar-refractivity contribution is 0.0517. The van der Waals surface area contributed by atoms with Gasteiger partial charge in [0.1, 0.15) is 5.60 Å². The van der Waals surface area contributed by atoms with Crippen LogP contribution in [0.5, 0.6) is 0 Å². The predicted molar refractivity (Wildman–Crippen MR) is 64.6 cm³/mol. The Labute approximate surface area is 98.6 Å². The molecular weight excluding hydrogens is 293 g/mol. The SMILES string of the molecule is CN1CCCC[C@@]2(CN=C(NI)O2)C1. The molecule has 0 saturated carbocycles. The van der Waals surface area contributed by atoms with Gasteiger partial charge in [-0.15, -0.1) is 0 Å². The topological polar surface area (TPSA) is 36.9 Å². The van der Waals surface area contributed by atoms with Crippen LogP contribution in [0.4, 0.5) is 0 Å². The van der Waals surface area contributed by atoms with E-state index < -0.39 is 0 Å². The molecule has 0 aromatic carbocycles. The second-order valence-corrected chi connectivity index (χ2v) is 4.74. The minimum absolute atomic E-state index is 0.0429. The maximum atomic E-state index is 5.88. The summed E-state index contributed by atoms with van der Waals surface area (Å²) in [7, 11) is 2.16. The highest BCUT2D eigenvalue weighted by Crippen LogP contribution is 2.28. The van der Waals surface area contributed by atoms with Crippen molar-refractivity contribution in [3.8, 4) is 0 Å². The normalized spacial score (nSPS) is 33.7. The number of hydrogen-bond donors (Lipinski definition) is 1. The third-order valence-corrected chi connectivity index (χ3v) is 3.35. The molecule has 2 heterocycles. The Bertz CT molecular complexity index is 246. The third kappa shape index (κ3) is 2.13. The van der Waals surface area contributed by atoms with E-state index in [4.69, 9.17) is 4.74 Å². The Hall–Kier alpha value is -0.0400. The molecule has 0 bridgehead atoms. The van der Waals surface area contributed by atoms with E-state index >= 15 is 0 Å². The Morgan fingerprint density at radius 1 is 1.57 bits per heavy atom. The van der Waals surface area contributed by atoms with E-state index in [2.05, 4.69) is 43.3 Å². The first kappa shape index (κ1) is 10.5. The average molecular weight is 309 g/mol. The van der Waals surface area contributed by atoms with Crippen LogP contribution < -0.4 is 3.53 Å². The maximum Gasteiger partial charge on any atom is 0.294 e. The van der Waals surface area contributed by atoms with Crippen LogP contribution in [0, 0.1) is 0 Å². The molecule has 2 aliphatic rings. The van der Waals surface area contributed by atoms with Crippen LogP contribution in [-0.2, 0) is 4.74 Å². The fraction of sp³-hybridized carbons (Fsp3) is 0.889. The molecule has 0 aliphatic carbocycles. The molecule has 2 rings (SSSR count). The summed E-state index contributed by atoms with van der Waals surface area (Å²) >= 11 is 2.06. The van der Waals surface area contributed by atoms with Gasteiger partial charge in [-0.2, -0.15) is 0 Å². The molecule has 1 fully saturated rings. The van der Waals surface area contributed by atoms with Crippen LogP contribution in [0.1, 0.15) is 19.3 Å². The number of ether oxygens (including phenoxy) is 1. The number of halogens is 1. The molecule has 0 amide bonds. The van der Waals surface area contributed by atoms with Crippen molar-refractivity contribution in [1.29, 1.82) is 0 Å². The number of nitrogens with zero attached hydrogens (tertiary/aromatic N) is 2. The quantitative estimate of drug-likeness (QED) is 0.539. The molecule has 4 nitrogen and oxygen atoms in total. The van der Waals surface area contributed by atoms with E-state index in [9.17, 15) is 0 Å². The number of nitrogens with one attached hydrogen (secondary N) is 1. The van der Waals surface area contributed by atoms with Gasteiger partial charge < -0.3 is 9.64 Å². The molecule has 1 spiro atoms. The van der Waals surface area contributed by atoms with Crippen molar-refractivity contribution in [3.63, 3.8) is 0 Å². The number of aliphatic imine (C=N–C) groups is 1. The van der Waals surface area contributed by atoms with E-state index in [0.717, 1.165) is 19.5 Å². The highest BCUT2D eigenvalue weighted by Gasteiger charge is 2.39. The Morgan fingerprint density at radius 3 is 3.14 bits per heavy atom. The monoisotopic (exact) mass is 309 g/mol. The number of rotatable bonds is 0. The van der Waals surface area contributed by atoms with Gasteiger partial charge in [0.25, 0.3) is 6.02 Å². The fourth-order valence-corrected chi connectivity index (χ4v) is 2.51. The van der Waals surface area contributed by atoms with Gasteiger partial charge >= 0.3 is 0 Å². The molecule has 2 aliphatic heterocycles. The summed E-state index contributed by atoms with van der Waals surface area (Å²) in [6, 6.07) is 0.695. The molecule has 0 unspecified atom stereocenters. The van der Waals surface area contributed by atoms with Gasteiger partial charge in [-0.1, -0.05) is 0 Å². The van der Waals surface area contributed by atoms with Crippen LogP contribution in [0.3, 0.4) is 0 Å².